The Hall–Kier alpha value is -3.24. The maximum atomic E-state index is 13.4. The summed E-state index contributed by atoms with van der Waals surface area (Å²) in [4.78, 5) is 15.3. The van der Waals surface area contributed by atoms with E-state index in [1.165, 1.54) is 0 Å². The number of hydrogen-bond donors (Lipinski definition) is 1. The van der Waals surface area contributed by atoms with Crippen LogP contribution < -0.4 is 5.32 Å². The smallest absolute Gasteiger partial charge is 0.322 e. The van der Waals surface area contributed by atoms with Crippen LogP contribution in [-0.2, 0) is 13.1 Å². The number of fused-ring (bicyclic) bond motifs is 1. The van der Waals surface area contributed by atoms with E-state index in [0.717, 1.165) is 58.5 Å². The SMILES string of the molecule is CCCCCN(Cc1cccn1Cc1cccc(Cl)c1)C(=O)Nc1cccc2ccccc12. The van der Waals surface area contributed by atoms with Gasteiger partial charge in [-0.15, -0.1) is 0 Å². The Kier molecular flexibility index (Phi) is 7.69. The lowest BCUT2D eigenvalue weighted by molar-refractivity contribution is 0.206. The molecule has 0 atom stereocenters. The van der Waals surface area contributed by atoms with Crippen LogP contribution in [0.1, 0.15) is 37.4 Å². The summed E-state index contributed by atoms with van der Waals surface area (Å²) in [5.74, 6) is 0. The number of rotatable bonds is 9. The molecule has 0 aliphatic carbocycles. The highest BCUT2D eigenvalue weighted by molar-refractivity contribution is 6.30. The van der Waals surface area contributed by atoms with Crippen molar-refractivity contribution in [2.24, 2.45) is 0 Å². The zero-order valence-electron chi connectivity index (χ0n) is 19.0. The minimum atomic E-state index is -0.0713. The lowest BCUT2D eigenvalue weighted by Crippen LogP contribution is -2.36. The Morgan fingerprint density at radius 3 is 2.64 bits per heavy atom. The standard InChI is InChI=1S/C28H30ClN3O/c1-2-3-6-17-32(28(33)30-27-16-8-12-23-11-4-5-15-26(23)27)21-25-14-9-18-31(25)20-22-10-7-13-24(29)19-22/h4-5,7-16,18-19H,2-3,6,17,20-21H2,1H3,(H,30,33). The van der Waals surface area contributed by atoms with Gasteiger partial charge in [0, 0.05) is 35.4 Å². The van der Waals surface area contributed by atoms with E-state index in [1.54, 1.807) is 0 Å². The van der Waals surface area contributed by atoms with Gasteiger partial charge in [-0.05, 0) is 47.7 Å². The van der Waals surface area contributed by atoms with Crippen molar-refractivity contribution in [3.63, 3.8) is 0 Å². The molecule has 0 unspecified atom stereocenters. The number of carbonyl (C=O) groups excluding carboxylic acids is 1. The zero-order valence-corrected chi connectivity index (χ0v) is 19.8. The van der Waals surface area contributed by atoms with Gasteiger partial charge < -0.3 is 14.8 Å². The van der Waals surface area contributed by atoms with Crippen molar-refractivity contribution >= 4 is 34.1 Å². The molecule has 0 radical (unpaired) electrons. The number of carbonyl (C=O) groups is 1. The molecular formula is C28H30ClN3O. The predicted octanol–water partition coefficient (Wildman–Crippen LogP) is 7.57. The second kappa shape index (κ2) is 11.1. The van der Waals surface area contributed by atoms with Gasteiger partial charge in [0.1, 0.15) is 0 Å². The van der Waals surface area contributed by atoms with E-state index >= 15 is 0 Å². The van der Waals surface area contributed by atoms with Crippen molar-refractivity contribution in [3.05, 3.63) is 101 Å². The number of hydrogen-bond acceptors (Lipinski definition) is 1. The summed E-state index contributed by atoms with van der Waals surface area (Å²) in [6, 6.07) is 26.1. The van der Waals surface area contributed by atoms with Gasteiger partial charge in [-0.2, -0.15) is 0 Å². The van der Waals surface area contributed by atoms with Gasteiger partial charge in [0.05, 0.1) is 12.2 Å². The molecule has 0 aliphatic heterocycles. The molecule has 0 fully saturated rings. The lowest BCUT2D eigenvalue weighted by Gasteiger charge is -2.24. The van der Waals surface area contributed by atoms with Crippen LogP contribution in [0.25, 0.3) is 10.8 Å². The highest BCUT2D eigenvalue weighted by Crippen LogP contribution is 2.24. The average Bonchev–Trinajstić information content (AvgIpc) is 3.25. The van der Waals surface area contributed by atoms with Crippen LogP contribution in [0.3, 0.4) is 0 Å². The molecule has 0 aliphatic rings. The summed E-state index contributed by atoms with van der Waals surface area (Å²) in [5, 5.41) is 6.06. The van der Waals surface area contributed by atoms with Crippen molar-refractivity contribution in [1.82, 2.24) is 9.47 Å². The Bertz CT molecular complexity index is 1210. The number of nitrogens with one attached hydrogen (secondary N) is 1. The molecule has 0 saturated heterocycles. The number of amides is 2. The van der Waals surface area contributed by atoms with E-state index in [0.29, 0.717) is 13.1 Å². The van der Waals surface area contributed by atoms with Gasteiger partial charge in [0.25, 0.3) is 0 Å². The number of unbranched alkanes of at least 4 members (excludes halogenated alkanes) is 2. The van der Waals surface area contributed by atoms with Crippen molar-refractivity contribution in [3.8, 4) is 0 Å². The van der Waals surface area contributed by atoms with Gasteiger partial charge >= 0.3 is 6.03 Å². The van der Waals surface area contributed by atoms with Crippen molar-refractivity contribution < 1.29 is 4.79 Å². The highest BCUT2D eigenvalue weighted by atomic mass is 35.5. The van der Waals surface area contributed by atoms with E-state index in [1.807, 2.05) is 59.5 Å². The number of nitrogens with zero attached hydrogens (tertiary/aromatic N) is 2. The first kappa shape index (κ1) is 22.9. The van der Waals surface area contributed by atoms with Crippen LogP contribution in [0.4, 0.5) is 10.5 Å². The van der Waals surface area contributed by atoms with E-state index in [4.69, 9.17) is 11.6 Å². The molecule has 1 heterocycles. The Morgan fingerprint density at radius 2 is 1.79 bits per heavy atom. The first-order chi connectivity index (χ1) is 16.1. The molecular weight excluding hydrogens is 430 g/mol. The molecule has 0 spiro atoms. The monoisotopic (exact) mass is 459 g/mol. The molecule has 5 heteroatoms. The fraction of sp³-hybridized carbons (Fsp3) is 0.250. The second-order valence-corrected chi connectivity index (χ2v) is 8.78. The van der Waals surface area contributed by atoms with Crippen LogP contribution >= 0.6 is 11.6 Å². The van der Waals surface area contributed by atoms with Crippen LogP contribution in [0, 0.1) is 0 Å². The largest absolute Gasteiger partial charge is 0.345 e. The molecule has 0 bridgehead atoms. The van der Waals surface area contributed by atoms with Crippen molar-refractivity contribution in [2.75, 3.05) is 11.9 Å². The summed E-state index contributed by atoms with van der Waals surface area (Å²) in [6.07, 6.45) is 5.25. The Balaban J connectivity index is 1.53. The summed E-state index contributed by atoms with van der Waals surface area (Å²) in [7, 11) is 0. The third kappa shape index (κ3) is 5.96. The fourth-order valence-electron chi connectivity index (χ4n) is 4.11. The molecule has 0 saturated carbocycles. The molecule has 1 aromatic heterocycles. The average molecular weight is 460 g/mol. The third-order valence-corrected chi connectivity index (χ3v) is 6.10. The minimum Gasteiger partial charge on any atom is -0.345 e. The molecule has 2 amide bonds. The Labute approximate surface area is 200 Å². The number of halogens is 1. The summed E-state index contributed by atoms with van der Waals surface area (Å²) in [5.41, 5.74) is 3.07. The van der Waals surface area contributed by atoms with Gasteiger partial charge in [-0.1, -0.05) is 79.9 Å². The molecule has 3 aromatic carbocycles. The van der Waals surface area contributed by atoms with Gasteiger partial charge in [-0.3, -0.25) is 0 Å². The number of benzene rings is 3. The first-order valence-corrected chi connectivity index (χ1v) is 11.9. The van der Waals surface area contributed by atoms with Crippen LogP contribution in [0.5, 0.6) is 0 Å². The quantitative estimate of drug-likeness (QED) is 0.257. The normalized spacial score (nSPS) is 11.0. The molecule has 4 aromatic rings. The predicted molar refractivity (Wildman–Crippen MR) is 138 cm³/mol. The summed E-state index contributed by atoms with van der Waals surface area (Å²) >= 11 is 6.17. The van der Waals surface area contributed by atoms with Crippen molar-refractivity contribution in [2.45, 2.75) is 39.3 Å². The minimum absolute atomic E-state index is 0.0713. The maximum absolute atomic E-state index is 13.4. The topological polar surface area (TPSA) is 37.3 Å². The van der Waals surface area contributed by atoms with Crippen LogP contribution in [-0.4, -0.2) is 22.0 Å². The first-order valence-electron chi connectivity index (χ1n) is 11.6. The molecule has 4 rings (SSSR count). The van der Waals surface area contributed by atoms with E-state index in [9.17, 15) is 4.79 Å². The maximum Gasteiger partial charge on any atom is 0.322 e. The van der Waals surface area contributed by atoms with Crippen LogP contribution in [0.2, 0.25) is 5.02 Å². The van der Waals surface area contributed by atoms with Gasteiger partial charge in [0.15, 0.2) is 0 Å². The molecule has 170 valence electrons. The number of aromatic nitrogens is 1. The number of anilines is 1. The molecule has 1 N–H and O–H groups in total. The lowest BCUT2D eigenvalue weighted by atomic mass is 10.1. The van der Waals surface area contributed by atoms with E-state index < -0.39 is 0 Å². The highest BCUT2D eigenvalue weighted by Gasteiger charge is 2.17. The van der Waals surface area contributed by atoms with Gasteiger partial charge in [0.2, 0.25) is 0 Å². The summed E-state index contributed by atoms with van der Waals surface area (Å²) in [6.45, 7) is 4.16. The van der Waals surface area contributed by atoms with E-state index in [2.05, 4.69) is 47.3 Å². The van der Waals surface area contributed by atoms with E-state index in [-0.39, 0.29) is 6.03 Å². The Morgan fingerprint density at radius 1 is 0.970 bits per heavy atom. The fourth-order valence-corrected chi connectivity index (χ4v) is 4.32. The molecule has 33 heavy (non-hydrogen) atoms. The molecule has 4 nitrogen and oxygen atoms in total. The third-order valence-electron chi connectivity index (χ3n) is 5.87. The van der Waals surface area contributed by atoms with Crippen molar-refractivity contribution in [1.29, 1.82) is 0 Å². The second-order valence-electron chi connectivity index (χ2n) is 8.34. The number of urea groups is 1. The van der Waals surface area contributed by atoms with Crippen LogP contribution in [0.15, 0.2) is 85.1 Å². The summed E-state index contributed by atoms with van der Waals surface area (Å²) < 4.78 is 2.18. The van der Waals surface area contributed by atoms with Gasteiger partial charge in [-0.25, -0.2) is 4.79 Å². The zero-order chi connectivity index (χ0) is 23.0.